The Morgan fingerprint density at radius 2 is 1.76 bits per heavy atom. The minimum atomic E-state index is -1.36. The van der Waals surface area contributed by atoms with Gasteiger partial charge in [-0.05, 0) is 50.1 Å². The van der Waals surface area contributed by atoms with Crippen molar-refractivity contribution in [3.8, 4) is 0 Å². The van der Waals surface area contributed by atoms with Crippen LogP contribution in [0.15, 0.2) is 48.7 Å². The molecule has 0 atom stereocenters. The van der Waals surface area contributed by atoms with E-state index in [4.69, 9.17) is 0 Å². The number of alkyl halides is 1. The first-order valence-corrected chi connectivity index (χ1v) is 8.38. The molecule has 0 saturated heterocycles. The van der Waals surface area contributed by atoms with Crippen molar-refractivity contribution in [3.63, 3.8) is 0 Å². The van der Waals surface area contributed by atoms with E-state index in [-0.39, 0.29) is 0 Å². The number of imidazole rings is 1. The van der Waals surface area contributed by atoms with Gasteiger partial charge in [-0.2, -0.15) is 0 Å². The molecule has 0 bridgehead atoms. The average Bonchev–Trinajstić information content (AvgIpc) is 3.01. The fourth-order valence-electron chi connectivity index (χ4n) is 2.91. The van der Waals surface area contributed by atoms with E-state index in [2.05, 4.69) is 19.9 Å². The minimum Gasteiger partial charge on any atom is -0.342 e. The molecule has 0 fully saturated rings. The fourth-order valence-corrected chi connectivity index (χ4v) is 2.91. The molecule has 0 radical (unpaired) electrons. The van der Waals surface area contributed by atoms with E-state index >= 15 is 0 Å². The van der Waals surface area contributed by atoms with Crippen LogP contribution in [0.5, 0.6) is 0 Å². The van der Waals surface area contributed by atoms with Crippen molar-refractivity contribution >= 4 is 22.1 Å². The molecule has 0 aliphatic heterocycles. The average molecular weight is 334 g/mol. The number of fused-ring (bicyclic) bond motifs is 2. The van der Waals surface area contributed by atoms with Gasteiger partial charge in [-0.25, -0.2) is 14.4 Å². The number of H-pyrrole nitrogens is 1. The Kier molecular flexibility index (Phi) is 3.71. The molecule has 2 aromatic heterocycles. The molecule has 25 heavy (non-hydrogen) atoms. The van der Waals surface area contributed by atoms with Gasteiger partial charge in [0.15, 0.2) is 0 Å². The summed E-state index contributed by atoms with van der Waals surface area (Å²) >= 11 is 0. The number of aryl methyl sites for hydroxylation is 2. The zero-order chi connectivity index (χ0) is 17.4. The van der Waals surface area contributed by atoms with E-state index in [0.717, 1.165) is 46.4 Å². The van der Waals surface area contributed by atoms with Crippen LogP contribution in [0.3, 0.4) is 0 Å². The number of para-hydroxylation sites is 2. The highest BCUT2D eigenvalue weighted by molar-refractivity contribution is 5.76. The van der Waals surface area contributed by atoms with Crippen molar-refractivity contribution in [3.05, 3.63) is 65.7 Å². The molecular formula is C20H19FN4. The van der Waals surface area contributed by atoms with E-state index in [0.29, 0.717) is 5.56 Å². The van der Waals surface area contributed by atoms with Gasteiger partial charge >= 0.3 is 0 Å². The quantitative estimate of drug-likeness (QED) is 0.598. The Morgan fingerprint density at radius 1 is 0.960 bits per heavy atom. The van der Waals surface area contributed by atoms with Crippen LogP contribution in [0.2, 0.25) is 0 Å². The first-order valence-electron chi connectivity index (χ1n) is 8.38. The maximum absolute atomic E-state index is 14.1. The van der Waals surface area contributed by atoms with Crippen LogP contribution in [-0.2, 0) is 18.5 Å². The van der Waals surface area contributed by atoms with Gasteiger partial charge < -0.3 is 4.98 Å². The molecule has 0 spiro atoms. The summed E-state index contributed by atoms with van der Waals surface area (Å²) in [6, 6.07) is 13.3. The standard InChI is InChI=1S/C20H19FN4/c1-20(2,21)13-7-9-17-18(11-13)25-19(24-17)10-8-14-12-22-15-5-3-4-6-16(15)23-14/h3-7,9,11-12H,8,10H2,1-2H3,(H,24,25). The Labute approximate surface area is 145 Å². The molecule has 0 saturated carbocycles. The second-order valence-electron chi connectivity index (χ2n) is 6.74. The van der Waals surface area contributed by atoms with E-state index in [9.17, 15) is 4.39 Å². The van der Waals surface area contributed by atoms with Crippen LogP contribution in [0.25, 0.3) is 22.1 Å². The van der Waals surface area contributed by atoms with Crippen molar-refractivity contribution < 1.29 is 4.39 Å². The smallest absolute Gasteiger partial charge is 0.130 e. The highest BCUT2D eigenvalue weighted by Crippen LogP contribution is 2.27. The number of aromatic nitrogens is 4. The van der Waals surface area contributed by atoms with Crippen molar-refractivity contribution in [2.45, 2.75) is 32.4 Å². The SMILES string of the molecule is CC(C)(F)c1ccc2nc(CCc3cnc4ccccc4n3)[nH]c2c1. The lowest BCUT2D eigenvalue weighted by atomic mass is 10.00. The van der Waals surface area contributed by atoms with Gasteiger partial charge in [0, 0.05) is 12.6 Å². The second-order valence-corrected chi connectivity index (χ2v) is 6.74. The normalized spacial score (nSPS) is 12.1. The molecular weight excluding hydrogens is 315 g/mol. The molecule has 1 N–H and O–H groups in total. The summed E-state index contributed by atoms with van der Waals surface area (Å²) in [7, 11) is 0. The van der Waals surface area contributed by atoms with Crippen molar-refractivity contribution in [2.24, 2.45) is 0 Å². The van der Waals surface area contributed by atoms with Gasteiger partial charge in [-0.1, -0.05) is 18.2 Å². The summed E-state index contributed by atoms with van der Waals surface area (Å²) < 4.78 is 14.1. The number of nitrogens with zero attached hydrogens (tertiary/aromatic N) is 3. The lowest BCUT2D eigenvalue weighted by Crippen LogP contribution is -2.08. The zero-order valence-corrected chi connectivity index (χ0v) is 14.3. The Hall–Kier alpha value is -2.82. The molecule has 2 heterocycles. The molecule has 5 heteroatoms. The number of hydrogen-bond donors (Lipinski definition) is 1. The van der Waals surface area contributed by atoms with Gasteiger partial charge in [-0.3, -0.25) is 4.98 Å². The lowest BCUT2D eigenvalue weighted by Gasteiger charge is -2.13. The maximum Gasteiger partial charge on any atom is 0.130 e. The van der Waals surface area contributed by atoms with Crippen LogP contribution < -0.4 is 0 Å². The fraction of sp³-hybridized carbons (Fsp3) is 0.250. The third-order valence-corrected chi connectivity index (χ3v) is 4.33. The predicted octanol–water partition coefficient (Wildman–Crippen LogP) is 4.50. The molecule has 4 rings (SSSR count). The number of nitrogens with one attached hydrogen (secondary N) is 1. The summed E-state index contributed by atoms with van der Waals surface area (Å²) in [5, 5.41) is 0. The number of hydrogen-bond acceptors (Lipinski definition) is 3. The monoisotopic (exact) mass is 334 g/mol. The largest absolute Gasteiger partial charge is 0.342 e. The van der Waals surface area contributed by atoms with Crippen molar-refractivity contribution in [1.29, 1.82) is 0 Å². The summed E-state index contributed by atoms with van der Waals surface area (Å²) in [6.45, 7) is 3.12. The Bertz CT molecular complexity index is 1050. The summed E-state index contributed by atoms with van der Waals surface area (Å²) in [5.41, 5.74) is 3.74. The number of benzene rings is 2. The van der Waals surface area contributed by atoms with E-state index in [1.54, 1.807) is 19.9 Å². The topological polar surface area (TPSA) is 54.5 Å². The lowest BCUT2D eigenvalue weighted by molar-refractivity contribution is 0.221. The Balaban J connectivity index is 1.55. The van der Waals surface area contributed by atoms with Crippen molar-refractivity contribution in [1.82, 2.24) is 19.9 Å². The molecule has 4 nitrogen and oxygen atoms in total. The molecule has 0 unspecified atom stereocenters. The second kappa shape index (κ2) is 5.92. The van der Waals surface area contributed by atoms with Gasteiger partial charge in [-0.15, -0.1) is 0 Å². The first kappa shape index (κ1) is 15.7. The summed E-state index contributed by atoms with van der Waals surface area (Å²) in [5.74, 6) is 0.874. The van der Waals surface area contributed by atoms with Gasteiger partial charge in [0.25, 0.3) is 0 Å². The molecule has 2 aromatic carbocycles. The minimum absolute atomic E-state index is 0.649. The molecule has 4 aromatic rings. The number of rotatable bonds is 4. The predicted molar refractivity (Wildman–Crippen MR) is 97.2 cm³/mol. The molecule has 126 valence electrons. The maximum atomic E-state index is 14.1. The van der Waals surface area contributed by atoms with Crippen LogP contribution in [0.4, 0.5) is 4.39 Å². The van der Waals surface area contributed by atoms with Gasteiger partial charge in [0.05, 0.1) is 27.8 Å². The summed E-state index contributed by atoms with van der Waals surface area (Å²) in [4.78, 5) is 17.0. The third kappa shape index (κ3) is 3.22. The van der Waals surface area contributed by atoms with Crippen LogP contribution in [-0.4, -0.2) is 19.9 Å². The first-order chi connectivity index (χ1) is 12.0. The summed E-state index contributed by atoms with van der Waals surface area (Å²) in [6.07, 6.45) is 3.30. The highest BCUT2D eigenvalue weighted by atomic mass is 19.1. The Morgan fingerprint density at radius 3 is 2.56 bits per heavy atom. The highest BCUT2D eigenvalue weighted by Gasteiger charge is 2.19. The zero-order valence-electron chi connectivity index (χ0n) is 14.3. The molecule has 0 aliphatic rings. The van der Waals surface area contributed by atoms with Gasteiger partial charge in [0.2, 0.25) is 0 Å². The molecule has 0 aliphatic carbocycles. The number of halogens is 1. The van der Waals surface area contributed by atoms with E-state index in [1.165, 1.54) is 0 Å². The van der Waals surface area contributed by atoms with E-state index < -0.39 is 5.67 Å². The van der Waals surface area contributed by atoms with E-state index in [1.807, 2.05) is 42.6 Å². The number of aromatic amines is 1. The van der Waals surface area contributed by atoms with Crippen LogP contribution >= 0.6 is 0 Å². The third-order valence-electron chi connectivity index (χ3n) is 4.33. The van der Waals surface area contributed by atoms with Gasteiger partial charge in [0.1, 0.15) is 11.5 Å². The van der Waals surface area contributed by atoms with Crippen LogP contribution in [0, 0.1) is 0 Å². The molecule has 0 amide bonds. The van der Waals surface area contributed by atoms with Crippen LogP contribution in [0.1, 0.15) is 30.9 Å². The van der Waals surface area contributed by atoms with Crippen molar-refractivity contribution in [2.75, 3.05) is 0 Å².